The Bertz CT molecular complexity index is 1360. The molecule has 0 radical (unpaired) electrons. The largest absolute Gasteiger partial charge is 0.473 e. The van der Waals surface area contributed by atoms with Crippen LogP contribution in [0.1, 0.15) is 57.1 Å². The van der Waals surface area contributed by atoms with E-state index in [1.165, 1.54) is 0 Å². The van der Waals surface area contributed by atoms with Gasteiger partial charge in [-0.15, -0.1) is 0 Å². The van der Waals surface area contributed by atoms with Gasteiger partial charge in [0, 0.05) is 25.3 Å². The maximum Gasteiger partial charge on any atom is 0.364 e. The number of carbonyl (C=O) groups is 5. The van der Waals surface area contributed by atoms with Gasteiger partial charge in [-0.2, -0.15) is 0 Å². The lowest BCUT2D eigenvalue weighted by molar-refractivity contribution is -0.139. The summed E-state index contributed by atoms with van der Waals surface area (Å²) in [6.07, 6.45) is 3.00. The molecule has 3 rings (SSSR count). The van der Waals surface area contributed by atoms with Gasteiger partial charge < -0.3 is 37.4 Å². The van der Waals surface area contributed by atoms with Gasteiger partial charge in [-0.25, -0.2) is 4.79 Å². The Kier molecular flexibility index (Phi) is 16.6. The number of benzene rings is 2. The third-order valence-corrected chi connectivity index (χ3v) is 9.46. The smallest absolute Gasteiger partial charge is 0.364 e. The Balaban J connectivity index is 1.72. The molecule has 12 nitrogen and oxygen atoms in total. The third-order valence-electron chi connectivity index (χ3n) is 8.57. The molecule has 0 spiro atoms. The van der Waals surface area contributed by atoms with Crippen molar-refractivity contribution in [3.8, 4) is 0 Å². The van der Waals surface area contributed by atoms with Crippen molar-refractivity contribution in [2.45, 2.75) is 83.0 Å². The average molecular weight is 697 g/mol. The van der Waals surface area contributed by atoms with Gasteiger partial charge in [0.15, 0.2) is 0 Å². The molecule has 1 aliphatic heterocycles. The first kappa shape index (κ1) is 39.5. The van der Waals surface area contributed by atoms with E-state index in [0.29, 0.717) is 63.9 Å². The second kappa shape index (κ2) is 20.5. The third kappa shape index (κ3) is 13.8. The number of piperidine rings is 1. The van der Waals surface area contributed by atoms with Crippen molar-refractivity contribution in [2.75, 3.05) is 25.4 Å². The van der Waals surface area contributed by atoms with Crippen LogP contribution >= 0.6 is 11.8 Å². The van der Waals surface area contributed by atoms with Gasteiger partial charge >= 0.3 is 5.30 Å². The number of thioether (sulfide) groups is 1. The van der Waals surface area contributed by atoms with Crippen molar-refractivity contribution in [3.63, 3.8) is 0 Å². The van der Waals surface area contributed by atoms with Crippen LogP contribution in [0.15, 0.2) is 60.7 Å². The van der Waals surface area contributed by atoms with Crippen LogP contribution in [-0.2, 0) is 32.0 Å². The first-order chi connectivity index (χ1) is 23.5. The maximum absolute atomic E-state index is 13.8. The molecular weight excluding hydrogens is 644 g/mol. The van der Waals surface area contributed by atoms with E-state index in [2.05, 4.69) is 16.0 Å². The van der Waals surface area contributed by atoms with E-state index < -0.39 is 47.2 Å². The highest BCUT2D eigenvalue weighted by Crippen LogP contribution is 2.23. The van der Waals surface area contributed by atoms with Crippen molar-refractivity contribution in [2.24, 2.45) is 23.3 Å². The van der Waals surface area contributed by atoms with Gasteiger partial charge in [0.2, 0.25) is 23.6 Å². The molecule has 2 aromatic carbocycles. The molecule has 1 heterocycles. The molecule has 49 heavy (non-hydrogen) atoms. The van der Waals surface area contributed by atoms with Crippen LogP contribution in [0.3, 0.4) is 0 Å². The molecule has 0 aliphatic carbocycles. The number of rotatable bonds is 18. The first-order valence-corrected chi connectivity index (χ1v) is 18.0. The number of likely N-dealkylation sites (tertiary alicyclic amines) is 1. The van der Waals surface area contributed by atoms with Gasteiger partial charge in [0.05, 0.1) is 6.04 Å². The van der Waals surface area contributed by atoms with Crippen LogP contribution in [0.4, 0.5) is 4.79 Å². The molecule has 13 heteroatoms. The van der Waals surface area contributed by atoms with Crippen molar-refractivity contribution in [1.29, 1.82) is 0 Å². The first-order valence-electron chi connectivity index (χ1n) is 17.1. The maximum atomic E-state index is 13.8. The Hall–Kier alpha value is -3.94. The van der Waals surface area contributed by atoms with Gasteiger partial charge in [0.25, 0.3) is 0 Å². The fraction of sp³-hybridized carbons (Fsp3) is 0.528. The topological polar surface area (TPSA) is 197 Å². The highest BCUT2D eigenvalue weighted by molar-refractivity contribution is 8.13. The number of nitrogens with one attached hydrogen (secondary N) is 3. The molecule has 1 aliphatic rings. The molecule has 1 fully saturated rings. The summed E-state index contributed by atoms with van der Waals surface area (Å²) in [5, 5.41) is 16.6. The van der Waals surface area contributed by atoms with Gasteiger partial charge in [-0.3, -0.25) is 19.2 Å². The Morgan fingerprint density at radius 3 is 1.90 bits per heavy atom. The Morgan fingerprint density at radius 1 is 0.816 bits per heavy atom. The average Bonchev–Trinajstić information content (AvgIpc) is 3.09. The number of nitrogens with zero attached hydrogens (tertiary/aromatic N) is 1. The van der Waals surface area contributed by atoms with Crippen molar-refractivity contribution in [3.05, 3.63) is 71.8 Å². The molecule has 0 unspecified atom stereocenters. The van der Waals surface area contributed by atoms with Crippen molar-refractivity contribution in [1.82, 2.24) is 20.9 Å². The van der Waals surface area contributed by atoms with Crippen molar-refractivity contribution >= 4 is 40.7 Å². The predicted molar refractivity (Wildman–Crippen MR) is 192 cm³/mol. The predicted octanol–water partition coefficient (Wildman–Crippen LogP) is 2.69. The van der Waals surface area contributed by atoms with E-state index in [1.807, 2.05) is 74.5 Å². The number of nitrogens with two attached hydrogens (primary N) is 2. The summed E-state index contributed by atoms with van der Waals surface area (Å²) < 4.78 is 0. The van der Waals surface area contributed by atoms with E-state index in [0.717, 1.165) is 22.9 Å². The summed E-state index contributed by atoms with van der Waals surface area (Å²) in [7, 11) is 0. The molecule has 4 amide bonds. The number of amides is 4. The summed E-state index contributed by atoms with van der Waals surface area (Å²) >= 11 is 0.871. The molecule has 268 valence electrons. The van der Waals surface area contributed by atoms with E-state index in [1.54, 1.807) is 4.90 Å². The number of hydrogen-bond donors (Lipinski definition) is 6. The highest BCUT2D eigenvalue weighted by Gasteiger charge is 2.33. The van der Waals surface area contributed by atoms with Crippen LogP contribution in [-0.4, -0.2) is 88.5 Å². The minimum absolute atomic E-state index is 0.0263. The molecule has 1 saturated heterocycles. The zero-order valence-electron chi connectivity index (χ0n) is 28.5. The van der Waals surface area contributed by atoms with E-state index >= 15 is 0 Å². The van der Waals surface area contributed by atoms with Crippen LogP contribution in [0.5, 0.6) is 0 Å². The van der Waals surface area contributed by atoms with Crippen LogP contribution < -0.4 is 27.4 Å². The fourth-order valence-electron chi connectivity index (χ4n) is 5.85. The van der Waals surface area contributed by atoms with Crippen LogP contribution in [0, 0.1) is 11.8 Å². The lowest BCUT2D eigenvalue weighted by atomic mass is 9.97. The summed E-state index contributed by atoms with van der Waals surface area (Å²) in [5.74, 6) is -1.01. The number of carbonyl (C=O) groups excluding carboxylic acids is 4. The molecule has 0 saturated carbocycles. The second-order valence-corrected chi connectivity index (χ2v) is 14.0. The van der Waals surface area contributed by atoms with Gasteiger partial charge in [-0.1, -0.05) is 74.5 Å². The zero-order chi connectivity index (χ0) is 35.8. The number of carboxylic acid groups (broad SMARTS) is 1. The fourth-order valence-corrected chi connectivity index (χ4v) is 6.57. The quantitative estimate of drug-likeness (QED) is 0.136. The van der Waals surface area contributed by atoms with Gasteiger partial charge in [0.1, 0.15) is 18.1 Å². The normalized spacial score (nSPS) is 15.9. The molecule has 8 N–H and O–H groups in total. The highest BCUT2D eigenvalue weighted by atomic mass is 32.2. The second-order valence-electron chi connectivity index (χ2n) is 13.1. The lowest BCUT2D eigenvalue weighted by Crippen LogP contribution is -2.59. The molecular formula is C36H52N6O6S. The molecule has 0 aromatic heterocycles. The number of hydrogen-bond acceptors (Lipinski definition) is 8. The summed E-state index contributed by atoms with van der Waals surface area (Å²) in [6, 6.07) is 14.9. The SMILES string of the molecule is CC(C)C[C@@H](NC(=O)[C@@H](Cc1ccccc1)NC(=O)[C@H](N)Cc1ccccc1)C(=O)N[C@H](CCCN)C(=O)N1CCC(CSC(=O)O)CC1. The van der Waals surface area contributed by atoms with E-state index in [9.17, 15) is 24.0 Å². The van der Waals surface area contributed by atoms with Crippen molar-refractivity contribution < 1.29 is 29.1 Å². The minimum atomic E-state index is -1.01. The molecule has 0 bridgehead atoms. The summed E-state index contributed by atoms with van der Waals surface area (Å²) in [4.78, 5) is 67.2. The zero-order valence-corrected chi connectivity index (χ0v) is 29.3. The Morgan fingerprint density at radius 2 is 1.35 bits per heavy atom. The molecule has 2 aromatic rings. The molecule has 4 atom stereocenters. The summed E-state index contributed by atoms with van der Waals surface area (Å²) in [5.41, 5.74) is 13.7. The lowest BCUT2D eigenvalue weighted by Gasteiger charge is -2.34. The van der Waals surface area contributed by atoms with Gasteiger partial charge in [-0.05, 0) is 79.8 Å². The minimum Gasteiger partial charge on any atom is -0.473 e. The standard InChI is InChI=1S/C36H52N6O6S/c1-24(2)20-30(33(44)39-29(14-9-17-37)35(46)42-18-15-27(16-19-42)23-49-36(47)48)41-34(45)31(22-26-12-7-4-8-13-26)40-32(43)28(38)21-25-10-5-3-6-11-25/h3-8,10-13,24,27-31H,9,14-23,37-38H2,1-2H3,(H,39,44)(H,40,43)(H,41,45)(H,47,48)/t28-,29-,30-,31-/m1/s1. The monoisotopic (exact) mass is 696 g/mol. The summed E-state index contributed by atoms with van der Waals surface area (Å²) in [6.45, 7) is 5.15. The van der Waals surface area contributed by atoms with Crippen LogP contribution in [0.25, 0.3) is 0 Å². The van der Waals surface area contributed by atoms with E-state index in [-0.39, 0.29) is 24.2 Å². The van der Waals surface area contributed by atoms with E-state index in [4.69, 9.17) is 16.6 Å². The Labute approximate surface area is 293 Å². The van der Waals surface area contributed by atoms with Crippen LogP contribution in [0.2, 0.25) is 0 Å².